The molecular formula is C23H23F3N6O3. The molecular weight excluding hydrogens is 465 g/mol. The first-order valence-corrected chi connectivity index (χ1v) is 11.1. The highest BCUT2D eigenvalue weighted by molar-refractivity contribution is 5.89. The highest BCUT2D eigenvalue weighted by atomic mass is 19.3. The Labute approximate surface area is 197 Å². The van der Waals surface area contributed by atoms with E-state index in [1.165, 1.54) is 23.0 Å². The van der Waals surface area contributed by atoms with Gasteiger partial charge < -0.3 is 9.47 Å². The molecule has 1 aliphatic heterocycles. The predicted octanol–water partition coefficient (Wildman–Crippen LogP) is 2.84. The van der Waals surface area contributed by atoms with Crippen LogP contribution in [0.4, 0.5) is 13.2 Å². The van der Waals surface area contributed by atoms with Gasteiger partial charge in [0.25, 0.3) is 0 Å². The summed E-state index contributed by atoms with van der Waals surface area (Å²) in [5, 5.41) is 4.62. The van der Waals surface area contributed by atoms with E-state index in [9.17, 15) is 18.0 Å². The number of benzene rings is 1. The normalized spacial score (nSPS) is 19.1. The Morgan fingerprint density at radius 2 is 1.89 bits per heavy atom. The van der Waals surface area contributed by atoms with Crippen molar-refractivity contribution in [3.63, 3.8) is 0 Å². The van der Waals surface area contributed by atoms with Crippen LogP contribution in [-0.2, 0) is 17.8 Å². The van der Waals surface area contributed by atoms with E-state index in [-0.39, 0.29) is 30.1 Å². The van der Waals surface area contributed by atoms with E-state index in [4.69, 9.17) is 4.74 Å². The lowest BCUT2D eigenvalue weighted by molar-refractivity contribution is -0.0705. The van der Waals surface area contributed by atoms with E-state index < -0.39 is 18.1 Å². The monoisotopic (exact) mass is 488 g/mol. The highest BCUT2D eigenvalue weighted by Crippen LogP contribution is 2.22. The molecule has 1 aromatic carbocycles. The Bertz CT molecular complexity index is 1430. The molecule has 0 spiro atoms. The van der Waals surface area contributed by atoms with Gasteiger partial charge in [0, 0.05) is 37.5 Å². The zero-order valence-electron chi connectivity index (χ0n) is 19.1. The first-order chi connectivity index (χ1) is 16.8. The van der Waals surface area contributed by atoms with Gasteiger partial charge in [0.1, 0.15) is 23.5 Å². The van der Waals surface area contributed by atoms with E-state index >= 15 is 0 Å². The van der Waals surface area contributed by atoms with Crippen molar-refractivity contribution in [1.82, 2.24) is 29.0 Å². The van der Waals surface area contributed by atoms with Crippen molar-refractivity contribution in [2.24, 2.45) is 0 Å². The minimum atomic E-state index is -3.07. The van der Waals surface area contributed by atoms with Crippen molar-refractivity contribution >= 4 is 16.7 Å². The number of rotatable bonds is 6. The molecule has 0 saturated carbocycles. The van der Waals surface area contributed by atoms with Crippen LogP contribution in [0.25, 0.3) is 16.7 Å². The zero-order chi connectivity index (χ0) is 24.7. The van der Waals surface area contributed by atoms with E-state index in [0.717, 1.165) is 29.2 Å². The molecule has 0 aliphatic carbocycles. The van der Waals surface area contributed by atoms with Crippen LogP contribution in [0.1, 0.15) is 25.0 Å². The second-order valence-electron chi connectivity index (χ2n) is 8.66. The molecule has 1 saturated heterocycles. The van der Waals surface area contributed by atoms with Crippen molar-refractivity contribution < 1.29 is 22.6 Å². The van der Waals surface area contributed by atoms with Gasteiger partial charge in [-0.25, -0.2) is 19.2 Å². The van der Waals surface area contributed by atoms with Crippen LogP contribution in [0, 0.1) is 5.82 Å². The van der Waals surface area contributed by atoms with Crippen molar-refractivity contribution in [3.05, 3.63) is 64.2 Å². The zero-order valence-corrected chi connectivity index (χ0v) is 19.1. The first-order valence-electron chi connectivity index (χ1n) is 11.1. The lowest BCUT2D eigenvalue weighted by Crippen LogP contribution is -2.44. The maximum atomic E-state index is 14.6. The molecule has 5 rings (SSSR count). The third-order valence-corrected chi connectivity index (χ3v) is 5.86. The van der Waals surface area contributed by atoms with Crippen molar-refractivity contribution in [3.8, 4) is 5.75 Å². The van der Waals surface area contributed by atoms with Gasteiger partial charge in [-0.3, -0.25) is 9.47 Å². The maximum Gasteiger partial charge on any atom is 0.387 e. The number of alkyl halides is 2. The number of nitrogens with zero attached hydrogens (tertiary/aromatic N) is 6. The van der Waals surface area contributed by atoms with E-state index in [1.807, 2.05) is 19.9 Å². The maximum absolute atomic E-state index is 14.6. The number of pyridine rings is 1. The Balaban J connectivity index is 1.53. The summed E-state index contributed by atoms with van der Waals surface area (Å²) in [6, 6.07) is 5.29. The molecule has 12 heteroatoms. The first kappa shape index (κ1) is 23.2. The number of halogens is 3. The molecule has 2 atom stereocenters. The third-order valence-electron chi connectivity index (χ3n) is 5.86. The van der Waals surface area contributed by atoms with Gasteiger partial charge in [0.15, 0.2) is 5.65 Å². The fraction of sp³-hybridized carbons (Fsp3) is 0.391. The molecule has 1 aliphatic rings. The van der Waals surface area contributed by atoms with E-state index in [1.54, 1.807) is 6.20 Å². The van der Waals surface area contributed by atoms with Gasteiger partial charge in [-0.2, -0.15) is 18.4 Å². The summed E-state index contributed by atoms with van der Waals surface area (Å²) in [5.41, 5.74) is 1.15. The minimum absolute atomic E-state index is 0.108. The van der Waals surface area contributed by atoms with Gasteiger partial charge >= 0.3 is 12.3 Å². The number of ether oxygens (including phenoxy) is 2. The lowest BCUT2D eigenvalue weighted by Gasteiger charge is -2.35. The Kier molecular flexibility index (Phi) is 6.15. The summed E-state index contributed by atoms with van der Waals surface area (Å²) in [5.74, 6) is -1.09. The summed E-state index contributed by atoms with van der Waals surface area (Å²) in [6.45, 7) is 3.02. The van der Waals surface area contributed by atoms with Crippen LogP contribution in [-0.4, -0.2) is 61.0 Å². The Morgan fingerprint density at radius 1 is 1.11 bits per heavy atom. The van der Waals surface area contributed by atoms with Crippen molar-refractivity contribution in [2.45, 2.75) is 45.8 Å². The molecule has 0 unspecified atom stereocenters. The summed E-state index contributed by atoms with van der Waals surface area (Å²) in [4.78, 5) is 24.2. The van der Waals surface area contributed by atoms with Crippen molar-refractivity contribution in [1.29, 1.82) is 0 Å². The van der Waals surface area contributed by atoms with Crippen LogP contribution < -0.4 is 10.4 Å². The number of morpholine rings is 1. The SMILES string of the molecule is C[C@@H]1CN(Cc2cnc3c(c2)c2ncnn2c(=O)n3Cc2ccc(OC(F)F)cc2F)C[C@H](C)O1. The highest BCUT2D eigenvalue weighted by Gasteiger charge is 2.23. The van der Waals surface area contributed by atoms with Crippen LogP contribution >= 0.6 is 0 Å². The topological polar surface area (TPSA) is 86.8 Å². The molecule has 0 bridgehead atoms. The number of fused-ring (bicyclic) bond motifs is 3. The summed E-state index contributed by atoms with van der Waals surface area (Å²) in [6.07, 6.45) is 3.20. The van der Waals surface area contributed by atoms with Crippen LogP contribution in [0.2, 0.25) is 0 Å². The second-order valence-corrected chi connectivity index (χ2v) is 8.66. The van der Waals surface area contributed by atoms with Gasteiger partial charge in [-0.05, 0) is 31.5 Å². The average molecular weight is 488 g/mol. The molecule has 1 fully saturated rings. The van der Waals surface area contributed by atoms with Gasteiger partial charge in [0.2, 0.25) is 0 Å². The summed E-state index contributed by atoms with van der Waals surface area (Å²) < 4.78 is 52.0. The molecule has 9 nitrogen and oxygen atoms in total. The van der Waals surface area contributed by atoms with Gasteiger partial charge in [-0.15, -0.1) is 0 Å². The Hall–Kier alpha value is -3.51. The molecule has 0 N–H and O–H groups in total. The predicted molar refractivity (Wildman–Crippen MR) is 120 cm³/mol. The molecule has 4 aromatic rings. The number of hydrogen-bond donors (Lipinski definition) is 0. The summed E-state index contributed by atoms with van der Waals surface area (Å²) in [7, 11) is 0. The minimum Gasteiger partial charge on any atom is -0.435 e. The van der Waals surface area contributed by atoms with Crippen LogP contribution in [0.5, 0.6) is 5.75 Å². The number of aromatic nitrogens is 5. The van der Waals surface area contributed by atoms with Crippen LogP contribution in [0.3, 0.4) is 0 Å². The molecule has 0 radical (unpaired) electrons. The molecule has 3 aromatic heterocycles. The molecule has 4 heterocycles. The van der Waals surface area contributed by atoms with Crippen LogP contribution in [0.15, 0.2) is 41.6 Å². The molecule has 0 amide bonds. The van der Waals surface area contributed by atoms with E-state index in [2.05, 4.69) is 24.7 Å². The molecule has 184 valence electrons. The lowest BCUT2D eigenvalue weighted by atomic mass is 10.1. The largest absolute Gasteiger partial charge is 0.435 e. The van der Waals surface area contributed by atoms with E-state index in [0.29, 0.717) is 23.2 Å². The fourth-order valence-corrected chi connectivity index (χ4v) is 4.55. The van der Waals surface area contributed by atoms with Gasteiger partial charge in [-0.1, -0.05) is 6.07 Å². The summed E-state index contributed by atoms with van der Waals surface area (Å²) >= 11 is 0. The quantitative estimate of drug-likeness (QED) is 0.413. The standard InChI is InChI=1S/C23H23F3N6O3/c1-13-8-30(9-14(2)34-13)10-15-5-18-20(27-7-15)31(23(33)32-21(18)28-12-29-32)11-16-3-4-17(6-19(16)24)35-22(25)26/h3-7,12-14,22H,8-11H2,1-2H3/t13-,14+. The average Bonchev–Trinajstić information content (AvgIpc) is 3.27. The number of hydrogen-bond acceptors (Lipinski definition) is 7. The van der Waals surface area contributed by atoms with Crippen molar-refractivity contribution in [2.75, 3.05) is 13.1 Å². The second kappa shape index (κ2) is 9.27. The Morgan fingerprint density at radius 3 is 2.60 bits per heavy atom. The smallest absolute Gasteiger partial charge is 0.387 e. The fourth-order valence-electron chi connectivity index (χ4n) is 4.55. The molecule has 35 heavy (non-hydrogen) atoms. The van der Waals surface area contributed by atoms with Gasteiger partial charge in [0.05, 0.1) is 24.1 Å². The third kappa shape index (κ3) is 4.71.